The number of nitrogens with zero attached hydrogens (tertiary/aromatic N) is 1. The fourth-order valence-electron chi connectivity index (χ4n) is 2.51. The van der Waals surface area contributed by atoms with Gasteiger partial charge in [0.15, 0.2) is 0 Å². The van der Waals surface area contributed by atoms with Crippen LogP contribution in [0.25, 0.3) is 0 Å². The van der Waals surface area contributed by atoms with Crippen molar-refractivity contribution >= 4 is 0 Å². The summed E-state index contributed by atoms with van der Waals surface area (Å²) in [7, 11) is 3.24. The Morgan fingerprint density at radius 2 is 1.73 bits per heavy atom. The molecule has 0 aliphatic carbocycles. The summed E-state index contributed by atoms with van der Waals surface area (Å²) in [5, 5.41) is 0. The highest BCUT2D eigenvalue weighted by molar-refractivity contribution is 5.45. The van der Waals surface area contributed by atoms with Crippen LogP contribution in [0.3, 0.4) is 0 Å². The first kappa shape index (κ1) is 15.9. The Morgan fingerprint density at radius 1 is 1.09 bits per heavy atom. The summed E-state index contributed by atoms with van der Waals surface area (Å²) < 4.78 is 12.3. The molecule has 0 spiro atoms. The molecule has 0 fully saturated rings. The smallest absolute Gasteiger partial charge is 0.269 e. The van der Waals surface area contributed by atoms with Gasteiger partial charge in [0, 0.05) is 11.8 Å². The van der Waals surface area contributed by atoms with Crippen LogP contribution in [0.5, 0.6) is 11.5 Å². The van der Waals surface area contributed by atoms with Crippen LogP contribution in [0.15, 0.2) is 35.1 Å². The molecule has 0 radical (unpaired) electrons. The van der Waals surface area contributed by atoms with Crippen molar-refractivity contribution in [2.24, 2.45) is 0 Å². The van der Waals surface area contributed by atoms with E-state index in [1.165, 1.54) is 0 Å². The van der Waals surface area contributed by atoms with E-state index in [0.717, 1.165) is 34.7 Å². The van der Waals surface area contributed by atoms with Crippen molar-refractivity contribution in [3.8, 4) is 11.5 Å². The third-order valence-electron chi connectivity index (χ3n) is 3.77. The molecule has 0 amide bonds. The highest BCUT2D eigenvalue weighted by Gasteiger charge is 2.11. The van der Waals surface area contributed by atoms with Gasteiger partial charge in [0.1, 0.15) is 11.5 Å². The minimum atomic E-state index is -0.0800. The van der Waals surface area contributed by atoms with Crippen LogP contribution in [0.4, 0.5) is 0 Å². The summed E-state index contributed by atoms with van der Waals surface area (Å²) in [5.74, 6) is 1.45. The van der Waals surface area contributed by atoms with E-state index in [9.17, 15) is 4.79 Å². The molecule has 0 saturated heterocycles. The summed E-state index contributed by atoms with van der Waals surface area (Å²) in [4.78, 5) is 12.1. The molecular weight excluding hydrogens is 280 g/mol. The van der Waals surface area contributed by atoms with E-state index >= 15 is 0 Å². The van der Waals surface area contributed by atoms with Crippen LogP contribution in [0.2, 0.25) is 0 Å². The van der Waals surface area contributed by atoms with E-state index in [1.54, 1.807) is 25.0 Å². The lowest BCUT2D eigenvalue weighted by Gasteiger charge is -2.18. The largest absolute Gasteiger partial charge is 0.496 e. The number of hydrogen-bond donors (Lipinski definition) is 1. The van der Waals surface area contributed by atoms with Crippen LogP contribution in [0, 0.1) is 6.92 Å². The Balaban J connectivity index is 2.33. The first-order valence-corrected chi connectivity index (χ1v) is 7.27. The number of rotatable bonds is 6. The number of aromatic nitrogens is 1. The molecule has 118 valence electrons. The van der Waals surface area contributed by atoms with E-state index < -0.39 is 0 Å². The topological polar surface area (TPSA) is 52.5 Å². The van der Waals surface area contributed by atoms with Gasteiger partial charge in [-0.2, -0.15) is 0 Å². The number of hydrogen-bond acceptors (Lipinski definition) is 4. The fraction of sp³-hybridized carbons (Fsp3) is 0.353. The van der Waals surface area contributed by atoms with Crippen molar-refractivity contribution in [2.45, 2.75) is 26.8 Å². The minimum Gasteiger partial charge on any atom is -0.496 e. The highest BCUT2D eigenvalue weighted by atomic mass is 16.5. The van der Waals surface area contributed by atoms with Crippen molar-refractivity contribution in [1.29, 1.82) is 0 Å². The van der Waals surface area contributed by atoms with Gasteiger partial charge in [0.25, 0.3) is 5.56 Å². The Morgan fingerprint density at radius 3 is 2.27 bits per heavy atom. The summed E-state index contributed by atoms with van der Waals surface area (Å²) in [6.07, 6.45) is 0.881. The van der Waals surface area contributed by atoms with Crippen LogP contribution < -0.4 is 20.5 Å². The molecule has 1 N–H and O–H groups in total. The van der Waals surface area contributed by atoms with E-state index in [2.05, 4.69) is 12.3 Å². The van der Waals surface area contributed by atoms with E-state index in [-0.39, 0.29) is 5.56 Å². The predicted molar refractivity (Wildman–Crippen MR) is 87.4 cm³/mol. The number of methoxy groups -OCH3 is 2. The zero-order chi connectivity index (χ0) is 16.1. The molecule has 5 nitrogen and oxygen atoms in total. The third kappa shape index (κ3) is 3.08. The van der Waals surface area contributed by atoms with Gasteiger partial charge in [-0.15, -0.1) is 0 Å². The lowest BCUT2D eigenvalue weighted by atomic mass is 10.1. The van der Waals surface area contributed by atoms with E-state index in [0.29, 0.717) is 6.54 Å². The molecule has 0 atom stereocenters. The maximum Gasteiger partial charge on any atom is 0.269 e. The zero-order valence-electron chi connectivity index (χ0n) is 13.5. The number of ether oxygens (including phenoxy) is 2. The Labute approximate surface area is 130 Å². The van der Waals surface area contributed by atoms with Crippen LogP contribution in [0.1, 0.15) is 23.7 Å². The third-order valence-corrected chi connectivity index (χ3v) is 3.77. The molecular formula is C17H22N2O3. The molecule has 2 rings (SSSR count). The molecule has 2 aromatic rings. The van der Waals surface area contributed by atoms with Gasteiger partial charge in [-0.3, -0.25) is 4.79 Å². The summed E-state index contributed by atoms with van der Waals surface area (Å²) in [6, 6.07) is 9.07. The maximum atomic E-state index is 12.1. The first-order chi connectivity index (χ1) is 10.6. The Bertz CT molecular complexity index is 685. The van der Waals surface area contributed by atoms with Crippen LogP contribution >= 0.6 is 0 Å². The van der Waals surface area contributed by atoms with E-state index in [4.69, 9.17) is 9.47 Å². The van der Waals surface area contributed by atoms with Gasteiger partial charge < -0.3 is 14.9 Å². The maximum absolute atomic E-state index is 12.1. The lowest BCUT2D eigenvalue weighted by molar-refractivity contribution is 0.385. The molecule has 0 aliphatic heterocycles. The molecule has 1 aromatic heterocycles. The minimum absolute atomic E-state index is 0.0800. The molecule has 5 heteroatoms. The standard InChI is InChI=1S/C17H22N2O3/c1-5-13-9-10-17(20)19(12(13)2)18-11-14-15(21-3)7-6-8-16(14)22-4/h6-10,18H,5,11H2,1-4H3. The number of aryl methyl sites for hydroxylation is 1. The Hall–Kier alpha value is -2.43. The fourth-order valence-corrected chi connectivity index (χ4v) is 2.51. The summed E-state index contributed by atoms with van der Waals surface area (Å²) in [6.45, 7) is 4.44. The van der Waals surface area contributed by atoms with Crippen molar-refractivity contribution in [1.82, 2.24) is 4.68 Å². The average molecular weight is 302 g/mol. The molecule has 1 aromatic carbocycles. The molecule has 1 heterocycles. The van der Waals surface area contributed by atoms with Gasteiger partial charge in [-0.25, -0.2) is 4.68 Å². The molecule has 0 unspecified atom stereocenters. The van der Waals surface area contributed by atoms with Crippen molar-refractivity contribution in [2.75, 3.05) is 19.6 Å². The molecule has 0 bridgehead atoms. The predicted octanol–water partition coefficient (Wildman–Crippen LogP) is 2.48. The van der Waals surface area contributed by atoms with Crippen LogP contribution in [-0.4, -0.2) is 18.9 Å². The second kappa shape index (κ2) is 7.02. The van der Waals surface area contributed by atoms with Gasteiger partial charge >= 0.3 is 0 Å². The van der Waals surface area contributed by atoms with Gasteiger partial charge in [-0.05, 0) is 31.0 Å². The summed E-state index contributed by atoms with van der Waals surface area (Å²) >= 11 is 0. The van der Waals surface area contributed by atoms with Crippen molar-refractivity contribution in [3.63, 3.8) is 0 Å². The Kier molecular flexibility index (Phi) is 5.09. The van der Waals surface area contributed by atoms with Crippen molar-refractivity contribution in [3.05, 3.63) is 57.5 Å². The zero-order valence-corrected chi connectivity index (χ0v) is 13.5. The van der Waals surface area contributed by atoms with Gasteiger partial charge in [0.05, 0.1) is 26.3 Å². The van der Waals surface area contributed by atoms with Crippen molar-refractivity contribution < 1.29 is 9.47 Å². The number of benzene rings is 1. The second-order valence-corrected chi connectivity index (χ2v) is 4.95. The van der Waals surface area contributed by atoms with E-state index in [1.807, 2.05) is 31.2 Å². The van der Waals surface area contributed by atoms with Gasteiger partial charge in [-0.1, -0.05) is 19.1 Å². The normalized spacial score (nSPS) is 10.4. The number of pyridine rings is 1. The molecule has 0 aliphatic rings. The van der Waals surface area contributed by atoms with Crippen LogP contribution in [-0.2, 0) is 13.0 Å². The SMILES string of the molecule is CCc1ccc(=O)n(NCc2c(OC)cccc2OC)c1C. The number of nitrogens with one attached hydrogen (secondary N) is 1. The summed E-state index contributed by atoms with van der Waals surface area (Å²) in [5.41, 5.74) is 6.02. The molecule has 22 heavy (non-hydrogen) atoms. The highest BCUT2D eigenvalue weighted by Crippen LogP contribution is 2.28. The second-order valence-electron chi connectivity index (χ2n) is 4.95. The quantitative estimate of drug-likeness (QED) is 0.890. The van der Waals surface area contributed by atoms with Gasteiger partial charge in [0.2, 0.25) is 0 Å². The molecule has 0 saturated carbocycles. The average Bonchev–Trinajstić information content (AvgIpc) is 2.54. The monoisotopic (exact) mass is 302 g/mol. The first-order valence-electron chi connectivity index (χ1n) is 7.27. The lowest BCUT2D eigenvalue weighted by Crippen LogP contribution is -2.31.